The molecule has 1 fully saturated rings. The summed E-state index contributed by atoms with van der Waals surface area (Å²) in [5.74, 6) is -0.207. The van der Waals surface area contributed by atoms with Crippen molar-refractivity contribution >= 4 is 5.91 Å². The van der Waals surface area contributed by atoms with Crippen LogP contribution in [0.1, 0.15) is 25.7 Å². The van der Waals surface area contributed by atoms with Gasteiger partial charge in [0.1, 0.15) is 18.1 Å². The summed E-state index contributed by atoms with van der Waals surface area (Å²) in [7, 11) is 1.44. The third-order valence-corrected chi connectivity index (χ3v) is 4.55. The third-order valence-electron chi connectivity index (χ3n) is 4.55. The van der Waals surface area contributed by atoms with Gasteiger partial charge in [-0.05, 0) is 31.0 Å². The number of benzene rings is 1. The van der Waals surface area contributed by atoms with E-state index < -0.39 is 5.82 Å². The van der Waals surface area contributed by atoms with E-state index in [-0.39, 0.29) is 18.0 Å². The van der Waals surface area contributed by atoms with Gasteiger partial charge in [0.2, 0.25) is 5.91 Å². The van der Waals surface area contributed by atoms with Crippen molar-refractivity contribution in [3.05, 3.63) is 46.5 Å². The number of carbonyl (C=O) groups is 1. The number of hydrogen-bond donors (Lipinski definition) is 0. The molecule has 0 bridgehead atoms. The highest BCUT2D eigenvalue weighted by molar-refractivity contribution is 5.76. The zero-order chi connectivity index (χ0) is 18.5. The van der Waals surface area contributed by atoms with Crippen LogP contribution >= 0.6 is 0 Å². The molecule has 1 aromatic carbocycles. The lowest BCUT2D eigenvalue weighted by Gasteiger charge is -2.20. The molecule has 26 heavy (non-hydrogen) atoms. The molecule has 1 saturated heterocycles. The number of likely N-dealkylation sites (tertiary alicyclic amines) is 1. The van der Waals surface area contributed by atoms with Crippen molar-refractivity contribution in [1.29, 1.82) is 0 Å². The van der Waals surface area contributed by atoms with Gasteiger partial charge in [0.25, 0.3) is 5.56 Å². The highest BCUT2D eigenvalue weighted by atomic mass is 19.1. The Hall–Kier alpha value is -2.70. The second-order valence-electron chi connectivity index (χ2n) is 6.35. The lowest BCUT2D eigenvalue weighted by atomic mass is 10.1. The van der Waals surface area contributed by atoms with Crippen LogP contribution in [0.4, 0.5) is 4.39 Å². The second-order valence-corrected chi connectivity index (χ2v) is 6.35. The van der Waals surface area contributed by atoms with Gasteiger partial charge < -0.3 is 9.64 Å². The minimum Gasteiger partial charge on any atom is -0.496 e. The SMILES string of the molecule is COc1cc(F)ccc1-c1ccc(=O)n(CC(=O)N2CCCCCC2)n1. The summed E-state index contributed by atoms with van der Waals surface area (Å²) in [5.41, 5.74) is 0.660. The molecular formula is C19H22FN3O3. The molecule has 2 heterocycles. The first kappa shape index (κ1) is 18.1. The Morgan fingerprint density at radius 3 is 2.58 bits per heavy atom. The van der Waals surface area contributed by atoms with Crippen molar-refractivity contribution in [2.24, 2.45) is 0 Å². The monoisotopic (exact) mass is 359 g/mol. The maximum atomic E-state index is 13.4. The van der Waals surface area contributed by atoms with Gasteiger partial charge in [-0.15, -0.1) is 0 Å². The Morgan fingerprint density at radius 1 is 1.15 bits per heavy atom. The molecule has 0 N–H and O–H groups in total. The van der Waals surface area contributed by atoms with E-state index in [2.05, 4.69) is 5.10 Å². The molecule has 0 atom stereocenters. The molecule has 0 spiro atoms. The van der Waals surface area contributed by atoms with Crippen molar-refractivity contribution in [3.8, 4) is 17.0 Å². The Kier molecular flexibility index (Phi) is 5.65. The fourth-order valence-electron chi connectivity index (χ4n) is 3.13. The molecule has 1 aliphatic heterocycles. The number of carbonyl (C=O) groups excluding carboxylic acids is 1. The van der Waals surface area contributed by atoms with Crippen LogP contribution in [0.25, 0.3) is 11.3 Å². The zero-order valence-electron chi connectivity index (χ0n) is 14.8. The van der Waals surface area contributed by atoms with Gasteiger partial charge in [0.15, 0.2) is 0 Å². The van der Waals surface area contributed by atoms with Crippen LogP contribution in [-0.2, 0) is 11.3 Å². The Morgan fingerprint density at radius 2 is 1.88 bits per heavy atom. The predicted octanol–water partition coefficient (Wildman–Crippen LogP) is 2.46. The van der Waals surface area contributed by atoms with Crippen LogP contribution in [0, 0.1) is 5.82 Å². The molecule has 6 nitrogen and oxygen atoms in total. The molecule has 138 valence electrons. The second kappa shape index (κ2) is 8.12. The number of hydrogen-bond acceptors (Lipinski definition) is 4. The summed E-state index contributed by atoms with van der Waals surface area (Å²) in [6.07, 6.45) is 4.23. The average Bonchev–Trinajstić information content (AvgIpc) is 2.93. The van der Waals surface area contributed by atoms with E-state index in [1.54, 1.807) is 17.0 Å². The largest absolute Gasteiger partial charge is 0.496 e. The van der Waals surface area contributed by atoms with Crippen molar-refractivity contribution in [2.75, 3.05) is 20.2 Å². The molecule has 7 heteroatoms. The summed E-state index contributed by atoms with van der Waals surface area (Å²) in [6, 6.07) is 7.01. The van der Waals surface area contributed by atoms with E-state index in [1.165, 1.54) is 25.3 Å². The number of amides is 1. The van der Waals surface area contributed by atoms with Gasteiger partial charge in [-0.25, -0.2) is 9.07 Å². The average molecular weight is 359 g/mol. The molecule has 1 aromatic heterocycles. The van der Waals surface area contributed by atoms with Crippen LogP contribution in [0.3, 0.4) is 0 Å². The quantitative estimate of drug-likeness (QED) is 0.841. The molecule has 0 unspecified atom stereocenters. The molecule has 0 saturated carbocycles. The Balaban J connectivity index is 1.86. The first-order valence-corrected chi connectivity index (χ1v) is 8.78. The number of rotatable bonds is 4. The Bertz CT molecular complexity index is 842. The number of aromatic nitrogens is 2. The first-order valence-electron chi connectivity index (χ1n) is 8.78. The lowest BCUT2D eigenvalue weighted by Crippen LogP contribution is -2.37. The van der Waals surface area contributed by atoms with Crippen LogP contribution < -0.4 is 10.3 Å². The van der Waals surface area contributed by atoms with E-state index >= 15 is 0 Å². The summed E-state index contributed by atoms with van der Waals surface area (Å²) in [6.45, 7) is 1.34. The number of methoxy groups -OCH3 is 1. The maximum absolute atomic E-state index is 13.4. The van der Waals surface area contributed by atoms with Crippen molar-refractivity contribution in [2.45, 2.75) is 32.2 Å². The van der Waals surface area contributed by atoms with Crippen molar-refractivity contribution in [1.82, 2.24) is 14.7 Å². The number of halogens is 1. The van der Waals surface area contributed by atoms with Crippen LogP contribution in [0.5, 0.6) is 5.75 Å². The van der Waals surface area contributed by atoms with Gasteiger partial charge in [-0.3, -0.25) is 9.59 Å². The van der Waals surface area contributed by atoms with Gasteiger partial charge in [-0.2, -0.15) is 5.10 Å². The summed E-state index contributed by atoms with van der Waals surface area (Å²) in [4.78, 5) is 26.5. The fourth-order valence-corrected chi connectivity index (χ4v) is 3.13. The molecule has 1 aliphatic rings. The molecule has 0 radical (unpaired) electrons. The first-order chi connectivity index (χ1) is 12.6. The highest BCUT2D eigenvalue weighted by Gasteiger charge is 2.17. The standard InChI is InChI=1S/C19H22FN3O3/c1-26-17-12-14(20)6-7-15(17)16-8-9-18(24)23(21-16)13-19(25)22-10-4-2-3-5-11-22/h6-9,12H,2-5,10-11,13H2,1H3. The molecule has 3 rings (SSSR count). The normalized spacial score (nSPS) is 14.8. The number of ether oxygens (including phenoxy) is 1. The molecular weight excluding hydrogens is 337 g/mol. The third kappa shape index (κ3) is 4.09. The van der Waals surface area contributed by atoms with Gasteiger partial charge in [-0.1, -0.05) is 12.8 Å². The van der Waals surface area contributed by atoms with Crippen molar-refractivity contribution in [3.63, 3.8) is 0 Å². The van der Waals surface area contributed by atoms with E-state index in [9.17, 15) is 14.0 Å². The van der Waals surface area contributed by atoms with E-state index in [0.717, 1.165) is 43.5 Å². The topological polar surface area (TPSA) is 64.4 Å². The smallest absolute Gasteiger partial charge is 0.267 e. The highest BCUT2D eigenvalue weighted by Crippen LogP contribution is 2.28. The van der Waals surface area contributed by atoms with Crippen LogP contribution in [-0.4, -0.2) is 40.8 Å². The Labute approximate surface area is 151 Å². The summed E-state index contributed by atoms with van der Waals surface area (Å²) >= 11 is 0. The molecule has 0 aliphatic carbocycles. The van der Waals surface area contributed by atoms with Gasteiger partial charge in [0, 0.05) is 30.8 Å². The van der Waals surface area contributed by atoms with E-state index in [1.807, 2.05) is 0 Å². The van der Waals surface area contributed by atoms with Crippen LogP contribution in [0.2, 0.25) is 0 Å². The maximum Gasteiger partial charge on any atom is 0.267 e. The van der Waals surface area contributed by atoms with Crippen molar-refractivity contribution < 1.29 is 13.9 Å². The minimum atomic E-state index is -0.421. The zero-order valence-corrected chi connectivity index (χ0v) is 14.8. The van der Waals surface area contributed by atoms with E-state index in [0.29, 0.717) is 17.0 Å². The van der Waals surface area contributed by atoms with E-state index in [4.69, 9.17) is 4.74 Å². The number of nitrogens with zero attached hydrogens (tertiary/aromatic N) is 3. The van der Waals surface area contributed by atoms with Crippen LogP contribution in [0.15, 0.2) is 35.1 Å². The molecule has 1 amide bonds. The summed E-state index contributed by atoms with van der Waals surface area (Å²) in [5, 5.41) is 4.29. The lowest BCUT2D eigenvalue weighted by molar-refractivity contribution is -0.132. The van der Waals surface area contributed by atoms with Gasteiger partial charge >= 0.3 is 0 Å². The minimum absolute atomic E-state index is 0.101. The molecule has 2 aromatic rings. The predicted molar refractivity (Wildman–Crippen MR) is 95.5 cm³/mol. The van der Waals surface area contributed by atoms with Gasteiger partial charge in [0.05, 0.1) is 12.8 Å². The fraction of sp³-hybridized carbons (Fsp3) is 0.421. The summed E-state index contributed by atoms with van der Waals surface area (Å²) < 4.78 is 19.8.